The number of hydrogen-bond acceptors (Lipinski definition) is 3. The zero-order valence-corrected chi connectivity index (χ0v) is 8.65. The molecule has 1 aliphatic heterocycles. The van der Waals surface area contributed by atoms with Crippen LogP contribution in [0.1, 0.15) is 24.8 Å². The molecule has 0 bridgehead atoms. The first kappa shape index (κ1) is 10.6. The Morgan fingerprint density at radius 3 is 2.73 bits per heavy atom. The fourth-order valence-corrected chi connectivity index (χ4v) is 2.31. The third kappa shape index (κ3) is 2.19. The van der Waals surface area contributed by atoms with Crippen LogP contribution in [0.15, 0.2) is 16.7 Å². The lowest BCUT2D eigenvalue weighted by molar-refractivity contribution is -0.155. The first-order valence-corrected chi connectivity index (χ1v) is 5.26. The molecule has 1 aliphatic rings. The first-order chi connectivity index (χ1) is 6.97. The summed E-state index contributed by atoms with van der Waals surface area (Å²) in [6.45, 7) is 2.01. The Hall–Kier alpha value is -0.910. The van der Waals surface area contributed by atoms with Gasteiger partial charge in [0.05, 0.1) is 0 Å². The predicted molar refractivity (Wildman–Crippen MR) is 51.2 cm³/mol. The van der Waals surface area contributed by atoms with Gasteiger partial charge in [-0.1, -0.05) is 18.2 Å². The maximum atomic E-state index is 12.2. The average molecular weight is 235 g/mol. The van der Waals surface area contributed by atoms with E-state index in [1.165, 1.54) is 11.8 Å². The van der Waals surface area contributed by atoms with Crippen molar-refractivity contribution in [2.45, 2.75) is 24.8 Å². The molecule has 0 radical (unpaired) electrons. The Labute approximate surface area is 88.5 Å². The fourth-order valence-electron chi connectivity index (χ4n) is 1.28. The lowest BCUT2D eigenvalue weighted by Gasteiger charge is -1.99. The van der Waals surface area contributed by atoms with E-state index in [0.29, 0.717) is 5.25 Å². The minimum Gasteiger partial charge on any atom is -0.351 e. The average Bonchev–Trinajstić information content (AvgIpc) is 2.69. The van der Waals surface area contributed by atoms with Crippen LogP contribution in [0.2, 0.25) is 0 Å². The highest BCUT2D eigenvalue weighted by Gasteiger charge is 2.36. The van der Waals surface area contributed by atoms with Crippen LogP contribution in [0.25, 0.3) is 4.91 Å². The van der Waals surface area contributed by atoms with Gasteiger partial charge in [-0.05, 0) is 6.42 Å². The van der Waals surface area contributed by atoms with Gasteiger partial charge >= 0.3 is 6.18 Å². The van der Waals surface area contributed by atoms with Crippen molar-refractivity contribution in [3.8, 4) is 0 Å². The quantitative estimate of drug-likeness (QED) is 0.744. The van der Waals surface area contributed by atoms with E-state index in [0.717, 1.165) is 17.4 Å². The lowest BCUT2D eigenvalue weighted by Crippen LogP contribution is -2.02. The van der Waals surface area contributed by atoms with Crippen molar-refractivity contribution in [2.24, 2.45) is 0 Å². The van der Waals surface area contributed by atoms with Crippen molar-refractivity contribution in [3.63, 3.8) is 0 Å². The second kappa shape index (κ2) is 3.59. The molecule has 2 rings (SSSR count). The second-order valence-corrected chi connectivity index (χ2v) is 4.79. The van der Waals surface area contributed by atoms with Crippen LogP contribution < -0.4 is 0 Å². The predicted octanol–water partition coefficient (Wildman–Crippen LogP) is 3.56. The highest BCUT2D eigenvalue weighted by Crippen LogP contribution is 2.40. The molecule has 2 nitrogen and oxygen atoms in total. The smallest absolute Gasteiger partial charge is 0.351 e. The molecule has 6 heteroatoms. The van der Waals surface area contributed by atoms with E-state index in [1.807, 2.05) is 13.0 Å². The molecule has 0 saturated heterocycles. The van der Waals surface area contributed by atoms with Crippen LogP contribution in [-0.2, 0) is 6.18 Å². The largest absolute Gasteiger partial charge is 0.452 e. The first-order valence-electron chi connectivity index (χ1n) is 4.38. The highest BCUT2D eigenvalue weighted by molar-refractivity contribution is 8.09. The molecule has 2 heterocycles. The summed E-state index contributed by atoms with van der Waals surface area (Å²) in [4.78, 5) is 0.766. The normalized spacial score (nSPS) is 21.9. The molecule has 0 fully saturated rings. The summed E-state index contributed by atoms with van der Waals surface area (Å²) in [5, 5.41) is 3.81. The van der Waals surface area contributed by atoms with E-state index in [-0.39, 0.29) is 5.69 Å². The van der Waals surface area contributed by atoms with Crippen molar-refractivity contribution in [2.75, 3.05) is 0 Å². The second-order valence-electron chi connectivity index (χ2n) is 3.31. The maximum absolute atomic E-state index is 12.2. The maximum Gasteiger partial charge on any atom is 0.452 e. The van der Waals surface area contributed by atoms with Gasteiger partial charge in [0, 0.05) is 16.2 Å². The van der Waals surface area contributed by atoms with Gasteiger partial charge in [0.2, 0.25) is 5.76 Å². The molecule has 0 aromatic carbocycles. The SMILES string of the molecule is CC1CC=C(c2cc(C(F)(F)F)on2)S1. The van der Waals surface area contributed by atoms with Crippen LogP contribution in [0.5, 0.6) is 0 Å². The van der Waals surface area contributed by atoms with Crippen LogP contribution in [0.4, 0.5) is 13.2 Å². The zero-order valence-electron chi connectivity index (χ0n) is 7.84. The molecule has 0 aliphatic carbocycles. The van der Waals surface area contributed by atoms with Gasteiger partial charge in [0.15, 0.2) is 0 Å². The van der Waals surface area contributed by atoms with Crippen molar-refractivity contribution in [1.29, 1.82) is 0 Å². The fraction of sp³-hybridized carbons (Fsp3) is 0.444. The summed E-state index contributed by atoms with van der Waals surface area (Å²) in [5.41, 5.74) is 0.275. The summed E-state index contributed by atoms with van der Waals surface area (Å²) < 4.78 is 40.9. The number of alkyl halides is 3. The van der Waals surface area contributed by atoms with Gasteiger partial charge in [-0.3, -0.25) is 0 Å². The van der Waals surface area contributed by atoms with Gasteiger partial charge < -0.3 is 4.52 Å². The Kier molecular flexibility index (Phi) is 2.54. The molecule has 0 amide bonds. The Balaban J connectivity index is 2.21. The molecular formula is C9H8F3NOS. The molecule has 0 spiro atoms. The summed E-state index contributed by atoms with van der Waals surface area (Å²) in [6, 6.07) is 0.941. The van der Waals surface area contributed by atoms with E-state index >= 15 is 0 Å². The van der Waals surface area contributed by atoms with Gasteiger partial charge in [0.1, 0.15) is 5.69 Å². The number of halogens is 3. The molecule has 1 aromatic heterocycles. The number of hydrogen-bond donors (Lipinski definition) is 0. The van der Waals surface area contributed by atoms with Crippen molar-refractivity contribution in [1.82, 2.24) is 5.16 Å². The van der Waals surface area contributed by atoms with E-state index in [1.54, 1.807) is 0 Å². The monoisotopic (exact) mass is 235 g/mol. The Bertz CT molecular complexity index is 396. The number of thioether (sulfide) groups is 1. The minimum atomic E-state index is -4.46. The highest BCUT2D eigenvalue weighted by atomic mass is 32.2. The minimum absolute atomic E-state index is 0.275. The van der Waals surface area contributed by atoms with Gasteiger partial charge in [-0.25, -0.2) is 0 Å². The zero-order chi connectivity index (χ0) is 11.1. The van der Waals surface area contributed by atoms with E-state index in [9.17, 15) is 13.2 Å². The van der Waals surface area contributed by atoms with Crippen LogP contribution >= 0.6 is 11.8 Å². The summed E-state index contributed by atoms with van der Waals surface area (Å²) in [6.07, 6.45) is -1.72. The van der Waals surface area contributed by atoms with E-state index < -0.39 is 11.9 Å². The molecule has 1 atom stereocenters. The van der Waals surface area contributed by atoms with Crippen molar-refractivity contribution >= 4 is 16.7 Å². The van der Waals surface area contributed by atoms with Crippen molar-refractivity contribution in [3.05, 3.63) is 23.6 Å². The molecule has 1 unspecified atom stereocenters. The van der Waals surface area contributed by atoms with Crippen molar-refractivity contribution < 1.29 is 17.7 Å². The molecule has 0 N–H and O–H groups in total. The molecular weight excluding hydrogens is 227 g/mol. The molecule has 0 saturated carbocycles. The van der Waals surface area contributed by atoms with Crippen LogP contribution in [0.3, 0.4) is 0 Å². The van der Waals surface area contributed by atoms with E-state index in [2.05, 4.69) is 9.68 Å². The summed E-state index contributed by atoms with van der Waals surface area (Å²) in [7, 11) is 0. The summed E-state index contributed by atoms with van der Waals surface area (Å²) >= 11 is 1.51. The van der Waals surface area contributed by atoms with Crippen LogP contribution in [0, 0.1) is 0 Å². The molecule has 1 aromatic rings. The van der Waals surface area contributed by atoms with E-state index in [4.69, 9.17) is 0 Å². The molecule has 82 valence electrons. The number of allylic oxidation sites excluding steroid dienone is 1. The van der Waals surface area contributed by atoms with Gasteiger partial charge in [-0.2, -0.15) is 13.2 Å². The Morgan fingerprint density at radius 2 is 2.27 bits per heavy atom. The number of aromatic nitrogens is 1. The Morgan fingerprint density at radius 1 is 1.53 bits per heavy atom. The number of nitrogens with zero attached hydrogens (tertiary/aromatic N) is 1. The standard InChI is InChI=1S/C9H8F3NOS/c1-5-2-3-7(15-5)6-4-8(14-13-6)9(10,11)12/h3-5H,2H2,1H3. The van der Waals surface area contributed by atoms with Gasteiger partial charge in [0.25, 0.3) is 0 Å². The third-order valence-corrected chi connectivity index (χ3v) is 3.23. The lowest BCUT2D eigenvalue weighted by atomic mass is 10.3. The third-order valence-electron chi connectivity index (χ3n) is 2.01. The van der Waals surface area contributed by atoms with Gasteiger partial charge in [-0.15, -0.1) is 11.8 Å². The topological polar surface area (TPSA) is 26.0 Å². The molecule has 15 heavy (non-hydrogen) atoms. The number of rotatable bonds is 1. The summed E-state index contributed by atoms with van der Waals surface area (Å²) in [5.74, 6) is -1.04. The van der Waals surface area contributed by atoms with Crippen LogP contribution in [-0.4, -0.2) is 10.4 Å².